The summed E-state index contributed by atoms with van der Waals surface area (Å²) in [4.78, 5) is 19.0. The smallest absolute Gasteiger partial charge is 0.227 e. The minimum atomic E-state index is -0.769. The van der Waals surface area contributed by atoms with Gasteiger partial charge in [-0.15, -0.1) is 0 Å². The van der Waals surface area contributed by atoms with Crippen molar-refractivity contribution in [3.63, 3.8) is 0 Å². The molecule has 3 aliphatic rings. The molecule has 6 nitrogen and oxygen atoms in total. The van der Waals surface area contributed by atoms with E-state index in [9.17, 15) is 9.90 Å². The van der Waals surface area contributed by atoms with E-state index in [-0.39, 0.29) is 23.8 Å². The summed E-state index contributed by atoms with van der Waals surface area (Å²) in [6.07, 6.45) is 5.22. The summed E-state index contributed by atoms with van der Waals surface area (Å²) in [7, 11) is 0. The lowest BCUT2D eigenvalue weighted by molar-refractivity contribution is -0.219. The van der Waals surface area contributed by atoms with Crippen molar-refractivity contribution >= 4 is 5.91 Å². The molecule has 1 amide bonds. The fourth-order valence-corrected chi connectivity index (χ4v) is 4.52. The number of amides is 1. The van der Waals surface area contributed by atoms with E-state index in [1.807, 2.05) is 17.0 Å². The summed E-state index contributed by atoms with van der Waals surface area (Å²) in [6.45, 7) is 2.83. The van der Waals surface area contributed by atoms with Gasteiger partial charge in [0.15, 0.2) is 0 Å². The van der Waals surface area contributed by atoms with Crippen LogP contribution in [-0.4, -0.2) is 65.5 Å². The lowest BCUT2D eigenvalue weighted by Gasteiger charge is -2.57. The number of rotatable bonds is 2. The first-order valence-electron chi connectivity index (χ1n) is 8.75. The van der Waals surface area contributed by atoms with Crippen molar-refractivity contribution in [2.24, 2.45) is 11.8 Å². The number of aromatic nitrogens is 1. The van der Waals surface area contributed by atoms with E-state index >= 15 is 0 Å². The summed E-state index contributed by atoms with van der Waals surface area (Å²) in [6, 6.07) is 3.84. The van der Waals surface area contributed by atoms with Crippen LogP contribution < -0.4 is 0 Å². The van der Waals surface area contributed by atoms with Gasteiger partial charge < -0.3 is 19.5 Å². The highest BCUT2D eigenvalue weighted by atomic mass is 16.5. The zero-order valence-corrected chi connectivity index (χ0v) is 13.8. The minimum Gasteiger partial charge on any atom is -0.389 e. The summed E-state index contributed by atoms with van der Waals surface area (Å²) in [5, 5.41) is 11.3. The molecular formula is C18H24N2O4. The lowest BCUT2D eigenvalue weighted by atomic mass is 9.66. The number of aliphatic hydroxyl groups is 1. The van der Waals surface area contributed by atoms with Gasteiger partial charge in [0, 0.05) is 56.5 Å². The molecule has 0 saturated carbocycles. The third-order valence-corrected chi connectivity index (χ3v) is 5.85. The van der Waals surface area contributed by atoms with Crippen LogP contribution in [0.2, 0.25) is 0 Å². The number of nitrogens with zero attached hydrogens (tertiary/aromatic N) is 2. The predicted octanol–water partition coefficient (Wildman–Crippen LogP) is 0.639. The number of carbonyl (C=O) groups excluding carboxylic acids is 1. The van der Waals surface area contributed by atoms with E-state index < -0.39 is 5.60 Å². The number of pyridine rings is 1. The Labute approximate surface area is 141 Å². The van der Waals surface area contributed by atoms with Crippen LogP contribution in [-0.2, 0) is 20.7 Å². The van der Waals surface area contributed by atoms with E-state index in [0.717, 1.165) is 12.0 Å². The molecule has 4 atom stereocenters. The average Bonchev–Trinajstić information content (AvgIpc) is 2.62. The second kappa shape index (κ2) is 6.43. The predicted molar refractivity (Wildman–Crippen MR) is 86.2 cm³/mol. The maximum absolute atomic E-state index is 12.9. The van der Waals surface area contributed by atoms with Gasteiger partial charge in [-0.2, -0.15) is 0 Å². The number of likely N-dealkylation sites (tertiary alicyclic amines) is 1. The first-order valence-corrected chi connectivity index (χ1v) is 8.75. The standard InChI is InChI=1S/C18H24N2O4/c21-17(8-13-2-1-5-19-9-13)20-10-14-11-24-7-4-18(14,22)15-12-23-6-3-16(15)20/h1-2,5,9,14-16,22H,3-4,6-8,10-12H2/t14-,15+,16-,18-/m0/s1. The lowest BCUT2D eigenvalue weighted by Crippen LogP contribution is -2.69. The van der Waals surface area contributed by atoms with Gasteiger partial charge in [-0.05, 0) is 18.1 Å². The molecule has 0 aliphatic carbocycles. The first kappa shape index (κ1) is 16.0. The Morgan fingerprint density at radius 2 is 2.25 bits per heavy atom. The molecule has 6 heteroatoms. The normalized spacial score (nSPS) is 35.9. The Balaban J connectivity index is 1.57. The van der Waals surface area contributed by atoms with E-state index in [2.05, 4.69) is 4.98 Å². The molecule has 1 aromatic heterocycles. The second-order valence-corrected chi connectivity index (χ2v) is 7.13. The molecule has 1 N–H and O–H groups in total. The van der Waals surface area contributed by atoms with Crippen LogP contribution in [0.3, 0.4) is 0 Å². The van der Waals surface area contributed by atoms with Crippen molar-refractivity contribution < 1.29 is 19.4 Å². The molecule has 0 spiro atoms. The SMILES string of the molecule is O=C(Cc1cccnc1)N1C[C@H]2COCC[C@@]2(O)[C@@H]2COCC[C@@H]21. The van der Waals surface area contributed by atoms with Crippen molar-refractivity contribution in [1.29, 1.82) is 0 Å². The summed E-state index contributed by atoms with van der Waals surface area (Å²) in [5.74, 6) is 0.0475. The molecule has 0 radical (unpaired) electrons. The zero-order valence-electron chi connectivity index (χ0n) is 13.8. The topological polar surface area (TPSA) is 71.9 Å². The quantitative estimate of drug-likeness (QED) is 0.860. The number of piperidine rings is 1. The molecule has 24 heavy (non-hydrogen) atoms. The van der Waals surface area contributed by atoms with Crippen molar-refractivity contribution in [1.82, 2.24) is 9.88 Å². The summed E-state index contributed by atoms with van der Waals surface area (Å²) >= 11 is 0. The molecule has 0 unspecified atom stereocenters. The van der Waals surface area contributed by atoms with Crippen LogP contribution >= 0.6 is 0 Å². The Morgan fingerprint density at radius 1 is 1.38 bits per heavy atom. The van der Waals surface area contributed by atoms with Gasteiger partial charge in [0.1, 0.15) is 0 Å². The van der Waals surface area contributed by atoms with E-state index in [1.54, 1.807) is 12.4 Å². The van der Waals surface area contributed by atoms with Gasteiger partial charge in [0.05, 0.1) is 25.2 Å². The number of hydrogen-bond donors (Lipinski definition) is 1. The number of carbonyl (C=O) groups is 1. The van der Waals surface area contributed by atoms with Gasteiger partial charge >= 0.3 is 0 Å². The fraction of sp³-hybridized carbons (Fsp3) is 0.667. The molecule has 1 aromatic rings. The summed E-state index contributed by atoms with van der Waals surface area (Å²) < 4.78 is 11.2. The van der Waals surface area contributed by atoms with Crippen molar-refractivity contribution in [3.05, 3.63) is 30.1 Å². The monoisotopic (exact) mass is 332 g/mol. The Bertz CT molecular complexity index is 596. The number of fused-ring (bicyclic) bond motifs is 3. The highest BCUT2D eigenvalue weighted by Crippen LogP contribution is 2.44. The van der Waals surface area contributed by atoms with Crippen molar-refractivity contribution in [3.8, 4) is 0 Å². The number of ether oxygens (including phenoxy) is 2. The number of hydrogen-bond acceptors (Lipinski definition) is 5. The molecular weight excluding hydrogens is 308 g/mol. The van der Waals surface area contributed by atoms with Crippen LogP contribution in [0.15, 0.2) is 24.5 Å². The van der Waals surface area contributed by atoms with Crippen LogP contribution in [0.5, 0.6) is 0 Å². The minimum absolute atomic E-state index is 0.0215. The second-order valence-electron chi connectivity index (χ2n) is 7.13. The molecule has 130 valence electrons. The molecule has 0 bridgehead atoms. The van der Waals surface area contributed by atoms with Gasteiger partial charge in [-0.1, -0.05) is 6.07 Å². The summed E-state index contributed by atoms with van der Waals surface area (Å²) in [5.41, 5.74) is 0.154. The van der Waals surface area contributed by atoms with Crippen molar-refractivity contribution in [2.45, 2.75) is 30.9 Å². The van der Waals surface area contributed by atoms with Crippen LogP contribution in [0.1, 0.15) is 18.4 Å². The Hall–Kier alpha value is -1.50. The molecule has 4 rings (SSSR count). The van der Waals surface area contributed by atoms with Crippen molar-refractivity contribution in [2.75, 3.05) is 33.0 Å². The fourth-order valence-electron chi connectivity index (χ4n) is 4.52. The van der Waals surface area contributed by atoms with Crippen LogP contribution in [0.4, 0.5) is 0 Å². The van der Waals surface area contributed by atoms with E-state index in [4.69, 9.17) is 9.47 Å². The van der Waals surface area contributed by atoms with E-state index in [1.165, 1.54) is 0 Å². The molecule has 3 fully saturated rings. The van der Waals surface area contributed by atoms with Gasteiger partial charge in [-0.25, -0.2) is 0 Å². The van der Waals surface area contributed by atoms with Gasteiger partial charge in [-0.3, -0.25) is 9.78 Å². The van der Waals surface area contributed by atoms with Gasteiger partial charge in [0.2, 0.25) is 5.91 Å². The molecule has 3 saturated heterocycles. The third kappa shape index (κ3) is 2.72. The molecule has 0 aromatic carbocycles. The van der Waals surface area contributed by atoms with Crippen LogP contribution in [0.25, 0.3) is 0 Å². The Kier molecular flexibility index (Phi) is 4.28. The Morgan fingerprint density at radius 3 is 3.08 bits per heavy atom. The maximum Gasteiger partial charge on any atom is 0.227 e. The van der Waals surface area contributed by atoms with E-state index in [0.29, 0.717) is 45.8 Å². The largest absolute Gasteiger partial charge is 0.389 e. The van der Waals surface area contributed by atoms with Gasteiger partial charge in [0.25, 0.3) is 0 Å². The highest BCUT2D eigenvalue weighted by molar-refractivity contribution is 5.79. The zero-order chi connectivity index (χ0) is 16.6. The van der Waals surface area contributed by atoms with Crippen LogP contribution in [0, 0.1) is 11.8 Å². The molecule has 4 heterocycles. The highest BCUT2D eigenvalue weighted by Gasteiger charge is 2.56. The molecule has 3 aliphatic heterocycles. The maximum atomic E-state index is 12.9. The first-order chi connectivity index (χ1) is 11.7. The third-order valence-electron chi connectivity index (χ3n) is 5.85. The average molecular weight is 332 g/mol.